The third-order valence-electron chi connectivity index (χ3n) is 4.91. The number of carbonyl (C=O) groups excluding carboxylic acids is 1. The second kappa shape index (κ2) is 8.16. The molecule has 11 heteroatoms. The van der Waals surface area contributed by atoms with Gasteiger partial charge in [-0.2, -0.15) is 19.1 Å². The summed E-state index contributed by atoms with van der Waals surface area (Å²) in [6, 6.07) is 6.75. The molecular formula is C18H19F2N5O3S. The number of nitrogens with two attached hydrogens (primary N) is 1. The lowest BCUT2D eigenvalue weighted by Crippen LogP contribution is -2.22. The average molecular weight is 423 g/mol. The van der Waals surface area contributed by atoms with Crippen molar-refractivity contribution < 1.29 is 22.0 Å². The van der Waals surface area contributed by atoms with Crippen molar-refractivity contribution in [2.45, 2.75) is 42.4 Å². The molecule has 154 valence electrons. The Kier molecular flexibility index (Phi) is 5.83. The monoisotopic (exact) mass is 423 g/mol. The van der Waals surface area contributed by atoms with E-state index in [1.807, 2.05) is 0 Å². The van der Waals surface area contributed by atoms with Crippen LogP contribution in [-0.4, -0.2) is 29.9 Å². The van der Waals surface area contributed by atoms with Crippen molar-refractivity contribution >= 4 is 27.2 Å². The average Bonchev–Trinajstić information content (AvgIpc) is 3.12. The fourth-order valence-corrected chi connectivity index (χ4v) is 4.10. The minimum atomic E-state index is -4.69. The Hall–Kier alpha value is -3.00. The number of alkyl halides is 2. The number of rotatable bonds is 6. The van der Waals surface area contributed by atoms with Gasteiger partial charge in [0.15, 0.2) is 5.82 Å². The van der Waals surface area contributed by atoms with E-state index in [0.717, 1.165) is 37.8 Å². The lowest BCUT2D eigenvalue weighted by molar-refractivity contribution is 0.100. The third-order valence-corrected chi connectivity index (χ3v) is 6.31. The molecule has 3 rings (SSSR count). The molecule has 1 fully saturated rings. The first kappa shape index (κ1) is 20.7. The van der Waals surface area contributed by atoms with Crippen LogP contribution in [0.2, 0.25) is 0 Å². The summed E-state index contributed by atoms with van der Waals surface area (Å²) in [5.41, 5.74) is 5.88. The summed E-state index contributed by atoms with van der Waals surface area (Å²) in [5, 5.41) is 16.6. The molecule has 0 saturated heterocycles. The zero-order valence-corrected chi connectivity index (χ0v) is 16.1. The number of amides is 1. The first-order chi connectivity index (χ1) is 13.7. The normalized spacial score (nSPS) is 19.7. The predicted molar refractivity (Wildman–Crippen MR) is 100 cm³/mol. The summed E-state index contributed by atoms with van der Waals surface area (Å²) < 4.78 is 49.9. The second-order valence-corrected chi connectivity index (χ2v) is 8.70. The van der Waals surface area contributed by atoms with Gasteiger partial charge in [0.2, 0.25) is 9.84 Å². The molecule has 1 aromatic carbocycles. The Morgan fingerprint density at radius 3 is 2.52 bits per heavy atom. The van der Waals surface area contributed by atoms with Crippen molar-refractivity contribution in [2.75, 3.05) is 5.32 Å². The highest BCUT2D eigenvalue weighted by Crippen LogP contribution is 2.34. The summed E-state index contributed by atoms with van der Waals surface area (Å²) >= 11 is 0. The Bertz CT molecular complexity index is 1040. The van der Waals surface area contributed by atoms with Gasteiger partial charge >= 0.3 is 5.76 Å². The minimum absolute atomic E-state index is 0.108. The summed E-state index contributed by atoms with van der Waals surface area (Å²) in [5.74, 6) is -4.32. The summed E-state index contributed by atoms with van der Waals surface area (Å²) in [7, 11) is -4.69. The van der Waals surface area contributed by atoms with Crippen LogP contribution in [0.4, 0.5) is 20.3 Å². The van der Waals surface area contributed by atoms with Gasteiger partial charge in [-0.25, -0.2) is 8.42 Å². The van der Waals surface area contributed by atoms with Crippen LogP contribution in [-0.2, 0) is 9.84 Å². The molecule has 1 saturated carbocycles. The number of hydrogen-bond acceptors (Lipinski definition) is 6. The van der Waals surface area contributed by atoms with Gasteiger partial charge in [-0.1, -0.05) is 12.8 Å². The van der Waals surface area contributed by atoms with Crippen LogP contribution in [0.1, 0.15) is 42.1 Å². The van der Waals surface area contributed by atoms with Crippen LogP contribution in [0, 0.1) is 17.2 Å². The molecule has 2 atom stereocenters. The van der Waals surface area contributed by atoms with E-state index in [9.17, 15) is 27.3 Å². The Morgan fingerprint density at radius 2 is 1.93 bits per heavy atom. The molecule has 1 aromatic heterocycles. The number of primary amides is 1. The third kappa shape index (κ3) is 4.22. The molecule has 2 aromatic rings. The maximum Gasteiger partial charge on any atom is 0.341 e. The Labute approximate surface area is 166 Å². The first-order valence-corrected chi connectivity index (χ1v) is 10.5. The lowest BCUT2D eigenvalue weighted by Gasteiger charge is -2.26. The standard InChI is InChI=1S/C18H19F2N5O3S/c19-18(20)29(27,28)13-7-5-12(6-8-13)23-17-14(16(22)26)10-25(24-17)15-4-2-1-3-11(15)9-21/h5-8,10-11,15,18H,1-4H2,(H2,22,26)(H,23,24). The van der Waals surface area contributed by atoms with Gasteiger partial charge in [-0.15, -0.1) is 0 Å². The maximum atomic E-state index is 12.6. The van der Waals surface area contributed by atoms with Crippen LogP contribution in [0.3, 0.4) is 0 Å². The molecule has 1 aliphatic rings. The predicted octanol–water partition coefficient (Wildman–Crippen LogP) is 2.98. The zero-order chi connectivity index (χ0) is 21.2. The molecule has 0 spiro atoms. The van der Waals surface area contributed by atoms with Crippen molar-refractivity contribution in [1.82, 2.24) is 9.78 Å². The van der Waals surface area contributed by atoms with Gasteiger partial charge in [0, 0.05) is 11.9 Å². The highest BCUT2D eigenvalue weighted by Gasteiger charge is 2.29. The molecule has 0 bridgehead atoms. The van der Waals surface area contributed by atoms with E-state index in [-0.39, 0.29) is 23.3 Å². The van der Waals surface area contributed by atoms with E-state index >= 15 is 0 Å². The molecular weight excluding hydrogens is 404 g/mol. The van der Waals surface area contributed by atoms with Crippen LogP contribution < -0.4 is 11.1 Å². The van der Waals surface area contributed by atoms with Crippen molar-refractivity contribution in [3.8, 4) is 6.07 Å². The fraction of sp³-hybridized carbons (Fsp3) is 0.389. The molecule has 0 aliphatic heterocycles. The van der Waals surface area contributed by atoms with Gasteiger partial charge in [0.25, 0.3) is 5.91 Å². The topological polar surface area (TPSA) is 131 Å². The molecule has 3 N–H and O–H groups in total. The number of nitriles is 1. The van der Waals surface area contributed by atoms with Gasteiger partial charge in [-0.05, 0) is 37.1 Å². The highest BCUT2D eigenvalue weighted by atomic mass is 32.2. The minimum Gasteiger partial charge on any atom is -0.365 e. The lowest BCUT2D eigenvalue weighted by atomic mass is 9.85. The van der Waals surface area contributed by atoms with Crippen LogP contribution in [0.25, 0.3) is 0 Å². The largest absolute Gasteiger partial charge is 0.365 e. The van der Waals surface area contributed by atoms with E-state index in [2.05, 4.69) is 16.5 Å². The Morgan fingerprint density at radius 1 is 1.28 bits per heavy atom. The summed E-state index contributed by atoms with van der Waals surface area (Å²) in [6.07, 6.45) is 4.88. The molecule has 2 unspecified atom stereocenters. The quantitative estimate of drug-likeness (QED) is 0.734. The van der Waals surface area contributed by atoms with Gasteiger partial charge in [-0.3, -0.25) is 9.48 Å². The van der Waals surface area contributed by atoms with Gasteiger partial charge in [0.05, 0.1) is 22.9 Å². The number of anilines is 2. The van der Waals surface area contributed by atoms with E-state index in [4.69, 9.17) is 5.73 Å². The fourth-order valence-electron chi connectivity index (χ4n) is 3.38. The number of benzene rings is 1. The van der Waals surface area contributed by atoms with E-state index in [0.29, 0.717) is 5.69 Å². The number of halogens is 2. The maximum absolute atomic E-state index is 12.6. The highest BCUT2D eigenvalue weighted by molar-refractivity contribution is 7.91. The van der Waals surface area contributed by atoms with Crippen molar-refractivity contribution in [3.63, 3.8) is 0 Å². The number of nitrogens with zero attached hydrogens (tertiary/aromatic N) is 3. The van der Waals surface area contributed by atoms with E-state index in [1.54, 1.807) is 4.68 Å². The van der Waals surface area contributed by atoms with Crippen molar-refractivity contribution in [1.29, 1.82) is 5.26 Å². The number of sulfone groups is 1. The molecule has 29 heavy (non-hydrogen) atoms. The van der Waals surface area contributed by atoms with Crippen LogP contribution in [0.5, 0.6) is 0 Å². The molecule has 8 nitrogen and oxygen atoms in total. The molecule has 1 amide bonds. The first-order valence-electron chi connectivity index (χ1n) is 8.91. The van der Waals surface area contributed by atoms with E-state index in [1.165, 1.54) is 18.3 Å². The summed E-state index contributed by atoms with van der Waals surface area (Å²) in [4.78, 5) is 11.3. The molecule has 0 radical (unpaired) electrons. The molecule has 1 aliphatic carbocycles. The SMILES string of the molecule is N#CC1CCCCC1n1cc(C(N)=O)c(Nc2ccc(S(=O)(=O)C(F)F)cc2)n1. The van der Waals surface area contributed by atoms with E-state index < -0.39 is 26.4 Å². The van der Waals surface area contributed by atoms with Crippen LogP contribution >= 0.6 is 0 Å². The number of carbonyl (C=O) groups is 1. The molecule has 1 heterocycles. The smallest absolute Gasteiger partial charge is 0.341 e. The number of aromatic nitrogens is 2. The van der Waals surface area contributed by atoms with Gasteiger partial charge < -0.3 is 11.1 Å². The second-order valence-electron chi connectivity index (χ2n) is 6.78. The Balaban J connectivity index is 1.88. The number of nitrogens with one attached hydrogen (secondary N) is 1. The van der Waals surface area contributed by atoms with Crippen molar-refractivity contribution in [2.24, 2.45) is 11.7 Å². The zero-order valence-electron chi connectivity index (χ0n) is 15.3. The van der Waals surface area contributed by atoms with Gasteiger partial charge in [0.1, 0.15) is 5.56 Å². The summed E-state index contributed by atoms with van der Waals surface area (Å²) in [6.45, 7) is 0. The van der Waals surface area contributed by atoms with Crippen LogP contribution in [0.15, 0.2) is 35.4 Å². The van der Waals surface area contributed by atoms with Crippen molar-refractivity contribution in [3.05, 3.63) is 36.0 Å². The number of hydrogen-bond donors (Lipinski definition) is 2.